The molecule has 0 aliphatic rings. The minimum absolute atomic E-state index is 0.565. The molecule has 0 bridgehead atoms. The molecule has 92 valence electrons. The average molecular weight is 240 g/mol. The van der Waals surface area contributed by atoms with E-state index in [1.165, 1.54) is 9.88 Å². The first-order chi connectivity index (χ1) is 7.49. The molecule has 0 amide bonds. The molecule has 1 aromatic heterocycles. The summed E-state index contributed by atoms with van der Waals surface area (Å²) in [6.07, 6.45) is 3.12. The van der Waals surface area contributed by atoms with Crippen molar-refractivity contribution in [2.45, 2.75) is 53.6 Å². The lowest BCUT2D eigenvalue weighted by molar-refractivity contribution is 0.427. The topological polar surface area (TPSA) is 24.9 Å². The molecule has 1 rings (SSSR count). The molecule has 0 spiro atoms. The molecule has 1 heterocycles. The van der Waals surface area contributed by atoms with Crippen molar-refractivity contribution in [3.8, 4) is 0 Å². The predicted molar refractivity (Wildman–Crippen MR) is 71.8 cm³/mol. The third-order valence-corrected chi connectivity index (χ3v) is 3.80. The standard InChI is InChI=1S/C13H24N2S/c1-9(2)6-13-15-8-12(16-13)7-14-11(5)10(3)4/h8-11,14H,6-7H2,1-5H3. The van der Waals surface area contributed by atoms with E-state index in [4.69, 9.17) is 0 Å². The van der Waals surface area contributed by atoms with Gasteiger partial charge in [-0.1, -0.05) is 27.7 Å². The summed E-state index contributed by atoms with van der Waals surface area (Å²) in [6, 6.07) is 0.565. The van der Waals surface area contributed by atoms with Crippen molar-refractivity contribution >= 4 is 11.3 Å². The normalized spacial score (nSPS) is 13.7. The third kappa shape index (κ3) is 4.62. The zero-order valence-corrected chi connectivity index (χ0v) is 11.9. The predicted octanol–water partition coefficient (Wildman–Crippen LogP) is 3.48. The molecular weight excluding hydrogens is 216 g/mol. The zero-order chi connectivity index (χ0) is 12.1. The number of nitrogens with zero attached hydrogens (tertiary/aromatic N) is 1. The van der Waals surface area contributed by atoms with Crippen molar-refractivity contribution in [2.75, 3.05) is 0 Å². The van der Waals surface area contributed by atoms with E-state index >= 15 is 0 Å². The maximum absolute atomic E-state index is 4.46. The lowest BCUT2D eigenvalue weighted by atomic mass is 10.1. The van der Waals surface area contributed by atoms with Crippen molar-refractivity contribution in [1.82, 2.24) is 10.3 Å². The highest BCUT2D eigenvalue weighted by Gasteiger charge is 2.08. The van der Waals surface area contributed by atoms with Crippen LogP contribution in [0.15, 0.2) is 6.20 Å². The van der Waals surface area contributed by atoms with Crippen LogP contribution in [0.1, 0.15) is 44.5 Å². The monoisotopic (exact) mass is 240 g/mol. The Labute approximate surface area is 103 Å². The second-order valence-corrected chi connectivity index (χ2v) is 6.43. The Hall–Kier alpha value is -0.410. The van der Waals surface area contributed by atoms with Gasteiger partial charge in [-0.15, -0.1) is 11.3 Å². The summed E-state index contributed by atoms with van der Waals surface area (Å²) in [5.74, 6) is 1.38. The average Bonchev–Trinajstić information content (AvgIpc) is 2.60. The lowest BCUT2D eigenvalue weighted by Gasteiger charge is -2.16. The van der Waals surface area contributed by atoms with Crippen molar-refractivity contribution in [1.29, 1.82) is 0 Å². The minimum atomic E-state index is 0.565. The highest BCUT2D eigenvalue weighted by atomic mass is 32.1. The molecule has 0 radical (unpaired) electrons. The smallest absolute Gasteiger partial charge is 0.0930 e. The fourth-order valence-electron chi connectivity index (χ4n) is 1.37. The van der Waals surface area contributed by atoms with Gasteiger partial charge in [-0.2, -0.15) is 0 Å². The van der Waals surface area contributed by atoms with E-state index in [9.17, 15) is 0 Å². The largest absolute Gasteiger partial charge is 0.309 e. The Morgan fingerprint density at radius 2 is 1.94 bits per heavy atom. The highest BCUT2D eigenvalue weighted by Crippen LogP contribution is 2.16. The van der Waals surface area contributed by atoms with E-state index in [0.717, 1.165) is 13.0 Å². The molecule has 16 heavy (non-hydrogen) atoms. The molecule has 0 saturated heterocycles. The van der Waals surface area contributed by atoms with Crippen LogP contribution in [0.4, 0.5) is 0 Å². The first kappa shape index (κ1) is 13.7. The third-order valence-electron chi connectivity index (χ3n) is 2.78. The zero-order valence-electron chi connectivity index (χ0n) is 11.1. The van der Waals surface area contributed by atoms with Crippen LogP contribution in [0.25, 0.3) is 0 Å². The number of thiazole rings is 1. The molecule has 0 saturated carbocycles. The molecule has 2 nitrogen and oxygen atoms in total. The fourth-order valence-corrected chi connectivity index (χ4v) is 2.46. The van der Waals surface area contributed by atoms with Crippen LogP contribution >= 0.6 is 11.3 Å². The Bertz CT molecular complexity index is 305. The van der Waals surface area contributed by atoms with Crippen molar-refractivity contribution in [3.63, 3.8) is 0 Å². The van der Waals surface area contributed by atoms with E-state index in [2.05, 4.69) is 44.9 Å². The lowest BCUT2D eigenvalue weighted by Crippen LogP contribution is -2.29. The van der Waals surface area contributed by atoms with E-state index in [1.807, 2.05) is 17.5 Å². The summed E-state index contributed by atoms with van der Waals surface area (Å²) < 4.78 is 0. The summed E-state index contributed by atoms with van der Waals surface area (Å²) in [4.78, 5) is 5.81. The summed E-state index contributed by atoms with van der Waals surface area (Å²) in [5, 5.41) is 4.80. The maximum Gasteiger partial charge on any atom is 0.0930 e. The fraction of sp³-hybridized carbons (Fsp3) is 0.769. The van der Waals surface area contributed by atoms with Gasteiger partial charge in [0.05, 0.1) is 5.01 Å². The highest BCUT2D eigenvalue weighted by molar-refractivity contribution is 7.11. The SMILES string of the molecule is CC(C)Cc1ncc(CNC(C)C(C)C)s1. The van der Waals surface area contributed by atoms with Crippen LogP contribution in [0.2, 0.25) is 0 Å². The minimum Gasteiger partial charge on any atom is -0.309 e. The summed E-state index contributed by atoms with van der Waals surface area (Å²) in [7, 11) is 0. The van der Waals surface area contributed by atoms with Crippen LogP contribution in [-0.2, 0) is 13.0 Å². The molecule has 1 N–H and O–H groups in total. The maximum atomic E-state index is 4.46. The van der Waals surface area contributed by atoms with E-state index in [1.54, 1.807) is 0 Å². The Morgan fingerprint density at radius 1 is 1.25 bits per heavy atom. The summed E-state index contributed by atoms with van der Waals surface area (Å²) in [5.41, 5.74) is 0. The van der Waals surface area contributed by atoms with Gasteiger partial charge in [0.2, 0.25) is 0 Å². The number of aromatic nitrogens is 1. The first-order valence-corrected chi connectivity index (χ1v) is 6.97. The molecule has 0 fully saturated rings. The molecule has 0 aromatic carbocycles. The number of nitrogens with one attached hydrogen (secondary N) is 1. The molecule has 0 aliphatic heterocycles. The second kappa shape index (κ2) is 6.36. The van der Waals surface area contributed by atoms with Gasteiger partial charge in [0, 0.05) is 30.1 Å². The van der Waals surface area contributed by atoms with E-state index in [-0.39, 0.29) is 0 Å². The van der Waals surface area contributed by atoms with E-state index in [0.29, 0.717) is 17.9 Å². The van der Waals surface area contributed by atoms with Gasteiger partial charge >= 0.3 is 0 Å². The Kier molecular flexibility index (Phi) is 5.42. The molecule has 1 unspecified atom stereocenters. The summed E-state index contributed by atoms with van der Waals surface area (Å²) in [6.45, 7) is 12.2. The second-order valence-electron chi connectivity index (χ2n) is 5.23. The Balaban J connectivity index is 2.40. The van der Waals surface area contributed by atoms with Gasteiger partial charge in [0.25, 0.3) is 0 Å². The molecular formula is C13H24N2S. The van der Waals surface area contributed by atoms with E-state index < -0.39 is 0 Å². The van der Waals surface area contributed by atoms with Crippen LogP contribution < -0.4 is 5.32 Å². The number of hydrogen-bond acceptors (Lipinski definition) is 3. The van der Waals surface area contributed by atoms with Gasteiger partial charge < -0.3 is 5.32 Å². The first-order valence-electron chi connectivity index (χ1n) is 6.16. The van der Waals surface area contributed by atoms with Crippen LogP contribution in [0.5, 0.6) is 0 Å². The van der Waals surface area contributed by atoms with Crippen LogP contribution in [-0.4, -0.2) is 11.0 Å². The summed E-state index contributed by atoms with van der Waals surface area (Å²) >= 11 is 1.84. The molecule has 3 heteroatoms. The molecule has 1 aromatic rings. The van der Waals surface area contributed by atoms with Crippen LogP contribution in [0.3, 0.4) is 0 Å². The van der Waals surface area contributed by atoms with Crippen molar-refractivity contribution < 1.29 is 0 Å². The van der Waals surface area contributed by atoms with Crippen molar-refractivity contribution in [3.05, 3.63) is 16.1 Å². The van der Waals surface area contributed by atoms with Gasteiger partial charge in [0.1, 0.15) is 0 Å². The van der Waals surface area contributed by atoms with Crippen molar-refractivity contribution in [2.24, 2.45) is 11.8 Å². The van der Waals surface area contributed by atoms with Gasteiger partial charge in [-0.05, 0) is 18.8 Å². The molecule has 1 atom stereocenters. The van der Waals surface area contributed by atoms with Gasteiger partial charge in [0.15, 0.2) is 0 Å². The van der Waals surface area contributed by atoms with Gasteiger partial charge in [-0.3, -0.25) is 0 Å². The Morgan fingerprint density at radius 3 is 2.50 bits per heavy atom. The number of hydrogen-bond donors (Lipinski definition) is 1. The molecule has 0 aliphatic carbocycles. The van der Waals surface area contributed by atoms with Crippen LogP contribution in [0, 0.1) is 11.8 Å². The quantitative estimate of drug-likeness (QED) is 0.823. The number of rotatable bonds is 6. The van der Waals surface area contributed by atoms with Gasteiger partial charge in [-0.25, -0.2) is 4.98 Å².